The first kappa shape index (κ1) is 15.7. The first-order valence-corrected chi connectivity index (χ1v) is 8.71. The van der Waals surface area contributed by atoms with Crippen LogP contribution >= 0.6 is 23.8 Å². The molecular weight excluding hydrogens is 316 g/mol. The number of sulfonamides is 1. The molecule has 0 amide bonds. The molecule has 1 aromatic rings. The first-order valence-electron chi connectivity index (χ1n) is 6.49. The number of hydrogen-bond donors (Lipinski definition) is 1. The van der Waals surface area contributed by atoms with Crippen LogP contribution in [0.4, 0.5) is 0 Å². The Balaban J connectivity index is 2.47. The molecule has 1 aliphatic carbocycles. The van der Waals surface area contributed by atoms with Crippen molar-refractivity contribution in [1.29, 1.82) is 0 Å². The molecular formula is C13H17ClN2O2S2. The maximum atomic E-state index is 12.8. The molecule has 7 heteroatoms. The maximum Gasteiger partial charge on any atom is 0.244 e. The van der Waals surface area contributed by atoms with E-state index in [4.69, 9.17) is 29.6 Å². The second kappa shape index (κ2) is 5.97. The van der Waals surface area contributed by atoms with E-state index >= 15 is 0 Å². The summed E-state index contributed by atoms with van der Waals surface area (Å²) >= 11 is 11.0. The standard InChI is InChI=1S/C13H17ClN2O2S2/c1-2-7-16(10-4-5-10)20(17,18)12-8-9(13(15)19)3-6-11(12)14/h3,6,8,10H,2,4-5,7H2,1H3,(H2,15,19). The van der Waals surface area contributed by atoms with Crippen LogP contribution in [0.2, 0.25) is 5.02 Å². The van der Waals surface area contributed by atoms with Crippen LogP contribution in [-0.2, 0) is 10.0 Å². The predicted molar refractivity (Wildman–Crippen MR) is 84.5 cm³/mol. The Hall–Kier alpha value is -0.690. The van der Waals surface area contributed by atoms with Crippen molar-refractivity contribution in [3.8, 4) is 0 Å². The molecule has 110 valence electrons. The Kier molecular flexibility index (Phi) is 4.69. The summed E-state index contributed by atoms with van der Waals surface area (Å²) in [6.45, 7) is 2.46. The van der Waals surface area contributed by atoms with Gasteiger partial charge in [-0.2, -0.15) is 4.31 Å². The Morgan fingerprint density at radius 1 is 1.50 bits per heavy atom. The molecule has 0 saturated heterocycles. The lowest BCUT2D eigenvalue weighted by atomic mass is 10.2. The predicted octanol–water partition coefficient (Wildman–Crippen LogP) is 2.54. The summed E-state index contributed by atoms with van der Waals surface area (Å²) in [5, 5.41) is 0.201. The zero-order valence-electron chi connectivity index (χ0n) is 11.2. The molecule has 0 unspecified atom stereocenters. The van der Waals surface area contributed by atoms with Crippen molar-refractivity contribution < 1.29 is 8.42 Å². The van der Waals surface area contributed by atoms with Crippen LogP contribution in [0.15, 0.2) is 23.1 Å². The van der Waals surface area contributed by atoms with Crippen molar-refractivity contribution in [2.24, 2.45) is 5.73 Å². The van der Waals surface area contributed by atoms with Gasteiger partial charge in [0.15, 0.2) is 0 Å². The second-order valence-electron chi connectivity index (χ2n) is 4.86. The van der Waals surface area contributed by atoms with Crippen molar-refractivity contribution in [3.05, 3.63) is 28.8 Å². The third-order valence-corrected chi connectivity index (χ3v) is 5.87. The molecule has 1 aromatic carbocycles. The summed E-state index contributed by atoms with van der Waals surface area (Å²) in [4.78, 5) is 0.247. The van der Waals surface area contributed by atoms with Gasteiger partial charge in [-0.15, -0.1) is 0 Å². The van der Waals surface area contributed by atoms with Gasteiger partial charge in [0.25, 0.3) is 0 Å². The monoisotopic (exact) mass is 332 g/mol. The minimum Gasteiger partial charge on any atom is -0.389 e. The molecule has 0 spiro atoms. The fourth-order valence-electron chi connectivity index (χ4n) is 2.06. The van der Waals surface area contributed by atoms with E-state index in [-0.39, 0.29) is 20.9 Å². The maximum absolute atomic E-state index is 12.8. The average molecular weight is 333 g/mol. The number of thiocarbonyl (C=S) groups is 1. The highest BCUT2D eigenvalue weighted by atomic mass is 35.5. The lowest BCUT2D eigenvalue weighted by Gasteiger charge is -2.22. The van der Waals surface area contributed by atoms with Gasteiger partial charge in [0.05, 0.1) is 5.02 Å². The van der Waals surface area contributed by atoms with E-state index in [1.807, 2.05) is 6.92 Å². The minimum absolute atomic E-state index is 0.0878. The third kappa shape index (κ3) is 3.14. The zero-order chi connectivity index (χ0) is 14.9. The van der Waals surface area contributed by atoms with Gasteiger partial charge in [0.2, 0.25) is 10.0 Å². The second-order valence-corrected chi connectivity index (χ2v) is 7.56. The number of benzene rings is 1. The fraction of sp³-hybridized carbons (Fsp3) is 0.462. The molecule has 0 radical (unpaired) electrons. The molecule has 1 aliphatic rings. The third-order valence-electron chi connectivity index (χ3n) is 3.20. The molecule has 0 bridgehead atoms. The van der Waals surface area contributed by atoms with Gasteiger partial charge in [-0.3, -0.25) is 0 Å². The number of rotatable bonds is 6. The molecule has 4 nitrogen and oxygen atoms in total. The van der Waals surface area contributed by atoms with E-state index in [0.717, 1.165) is 19.3 Å². The lowest BCUT2D eigenvalue weighted by molar-refractivity contribution is 0.403. The summed E-state index contributed by atoms with van der Waals surface area (Å²) in [5.41, 5.74) is 6.07. The van der Waals surface area contributed by atoms with Crippen molar-refractivity contribution >= 4 is 38.8 Å². The van der Waals surface area contributed by atoms with Gasteiger partial charge in [-0.1, -0.05) is 36.8 Å². The quantitative estimate of drug-likeness (QED) is 0.813. The summed E-state index contributed by atoms with van der Waals surface area (Å²) < 4.78 is 27.1. The highest BCUT2D eigenvalue weighted by Gasteiger charge is 2.38. The number of nitrogens with two attached hydrogens (primary N) is 1. The summed E-state index contributed by atoms with van der Waals surface area (Å²) in [6.07, 6.45) is 2.58. The molecule has 2 rings (SSSR count). The molecule has 1 saturated carbocycles. The highest BCUT2D eigenvalue weighted by Crippen LogP contribution is 2.34. The van der Waals surface area contributed by atoms with E-state index in [2.05, 4.69) is 0 Å². The van der Waals surface area contributed by atoms with Crippen LogP contribution in [0, 0.1) is 0 Å². The van der Waals surface area contributed by atoms with E-state index < -0.39 is 10.0 Å². The Morgan fingerprint density at radius 2 is 2.15 bits per heavy atom. The number of nitrogens with zero attached hydrogens (tertiary/aromatic N) is 1. The molecule has 2 N–H and O–H groups in total. The summed E-state index contributed by atoms with van der Waals surface area (Å²) in [7, 11) is -3.60. The summed E-state index contributed by atoms with van der Waals surface area (Å²) in [5.74, 6) is 0. The SMILES string of the molecule is CCCN(C1CC1)S(=O)(=O)c1cc(C(N)=S)ccc1Cl. The van der Waals surface area contributed by atoms with Crippen molar-refractivity contribution in [3.63, 3.8) is 0 Å². The Morgan fingerprint density at radius 3 is 2.65 bits per heavy atom. The summed E-state index contributed by atoms with van der Waals surface area (Å²) in [6, 6.07) is 4.72. The largest absolute Gasteiger partial charge is 0.389 e. The van der Waals surface area contributed by atoms with Gasteiger partial charge >= 0.3 is 0 Å². The van der Waals surface area contributed by atoms with E-state index in [1.165, 1.54) is 16.4 Å². The van der Waals surface area contributed by atoms with Gasteiger partial charge in [0.1, 0.15) is 9.88 Å². The van der Waals surface area contributed by atoms with Crippen LogP contribution in [0.1, 0.15) is 31.7 Å². The molecule has 20 heavy (non-hydrogen) atoms. The average Bonchev–Trinajstić information content (AvgIpc) is 3.19. The van der Waals surface area contributed by atoms with Gasteiger partial charge in [-0.25, -0.2) is 8.42 Å². The van der Waals surface area contributed by atoms with Crippen LogP contribution < -0.4 is 5.73 Å². The van der Waals surface area contributed by atoms with Gasteiger partial charge < -0.3 is 5.73 Å². The van der Waals surface area contributed by atoms with Crippen LogP contribution in [0.25, 0.3) is 0 Å². The first-order chi connectivity index (χ1) is 9.37. The van der Waals surface area contributed by atoms with E-state index in [0.29, 0.717) is 12.1 Å². The Labute approximate surface area is 130 Å². The smallest absolute Gasteiger partial charge is 0.244 e. The van der Waals surface area contributed by atoms with Crippen LogP contribution in [0.5, 0.6) is 0 Å². The van der Waals surface area contributed by atoms with Gasteiger partial charge in [-0.05, 0) is 31.4 Å². The Bertz CT molecular complexity index is 627. The molecule has 0 aliphatic heterocycles. The van der Waals surface area contributed by atoms with Crippen molar-refractivity contribution in [2.45, 2.75) is 37.1 Å². The molecule has 0 atom stereocenters. The normalized spacial score (nSPS) is 15.6. The van der Waals surface area contributed by atoms with E-state index in [1.54, 1.807) is 6.07 Å². The fourth-order valence-corrected chi connectivity index (χ4v) is 4.47. The number of halogens is 1. The van der Waals surface area contributed by atoms with Gasteiger partial charge in [0, 0.05) is 18.2 Å². The van der Waals surface area contributed by atoms with E-state index in [9.17, 15) is 8.42 Å². The van der Waals surface area contributed by atoms with Crippen molar-refractivity contribution in [1.82, 2.24) is 4.31 Å². The molecule has 0 aromatic heterocycles. The molecule has 1 fully saturated rings. The highest BCUT2D eigenvalue weighted by molar-refractivity contribution is 7.89. The van der Waals surface area contributed by atoms with Crippen LogP contribution in [-0.4, -0.2) is 30.3 Å². The zero-order valence-corrected chi connectivity index (χ0v) is 13.6. The topological polar surface area (TPSA) is 63.4 Å². The number of hydrogen-bond acceptors (Lipinski definition) is 3. The van der Waals surface area contributed by atoms with Crippen LogP contribution in [0.3, 0.4) is 0 Å². The minimum atomic E-state index is -3.60. The lowest BCUT2D eigenvalue weighted by Crippen LogP contribution is -2.34. The van der Waals surface area contributed by atoms with Crippen molar-refractivity contribution in [2.75, 3.05) is 6.54 Å². The molecule has 0 heterocycles.